The number of nitrogens with one attached hydrogen (secondary N) is 1. The highest BCUT2D eigenvalue weighted by Crippen LogP contribution is 2.31. The zero-order valence-electron chi connectivity index (χ0n) is 8.52. The summed E-state index contributed by atoms with van der Waals surface area (Å²) in [6.07, 6.45) is 1.63. The lowest BCUT2D eigenvalue weighted by atomic mass is 10.4. The Labute approximate surface area is 113 Å². The molecule has 1 aromatic heterocycles. The molecule has 3 N–H and O–H groups in total. The van der Waals surface area contributed by atoms with E-state index in [0.29, 0.717) is 16.0 Å². The number of hydrogen-bond acceptors (Lipinski definition) is 5. The molecular weight excluding hydrogens is 279 g/mol. The van der Waals surface area contributed by atoms with Crippen molar-refractivity contribution in [2.75, 3.05) is 5.43 Å². The summed E-state index contributed by atoms with van der Waals surface area (Å²) in [4.78, 5) is 9.05. The van der Waals surface area contributed by atoms with E-state index in [9.17, 15) is 0 Å². The van der Waals surface area contributed by atoms with Gasteiger partial charge in [-0.15, -0.1) is 0 Å². The van der Waals surface area contributed by atoms with Crippen molar-refractivity contribution in [2.45, 2.75) is 9.92 Å². The molecule has 0 unspecified atom stereocenters. The van der Waals surface area contributed by atoms with Crippen LogP contribution in [0.15, 0.2) is 40.4 Å². The molecule has 0 amide bonds. The summed E-state index contributed by atoms with van der Waals surface area (Å²) in [6, 6.07) is 7.19. The van der Waals surface area contributed by atoms with E-state index in [1.807, 2.05) is 6.07 Å². The van der Waals surface area contributed by atoms with Crippen molar-refractivity contribution in [1.82, 2.24) is 9.97 Å². The lowest BCUT2D eigenvalue weighted by Gasteiger charge is -2.03. The average molecular weight is 287 g/mol. The Morgan fingerprint density at radius 2 is 2.00 bits per heavy atom. The van der Waals surface area contributed by atoms with E-state index in [0.717, 1.165) is 9.92 Å². The second kappa shape index (κ2) is 5.55. The summed E-state index contributed by atoms with van der Waals surface area (Å²) in [7, 11) is 0. The molecule has 2 rings (SSSR count). The SMILES string of the molecule is NNc1nccc(Sc2ccc(Cl)c(Cl)c2)n1. The Bertz CT molecular complexity index is 535. The summed E-state index contributed by atoms with van der Waals surface area (Å²) < 4.78 is 0. The number of aromatic nitrogens is 2. The van der Waals surface area contributed by atoms with Crippen LogP contribution in [0.5, 0.6) is 0 Å². The van der Waals surface area contributed by atoms with Crippen molar-refractivity contribution < 1.29 is 0 Å². The Kier molecular flexibility index (Phi) is 4.06. The number of nitrogens with two attached hydrogens (primary N) is 1. The molecule has 0 atom stereocenters. The van der Waals surface area contributed by atoms with Crippen LogP contribution in [0, 0.1) is 0 Å². The Hall–Kier alpha value is -1.01. The van der Waals surface area contributed by atoms with Crippen LogP contribution in [0.4, 0.5) is 5.95 Å². The smallest absolute Gasteiger partial charge is 0.238 e. The fourth-order valence-corrected chi connectivity index (χ4v) is 2.31. The second-order valence-electron chi connectivity index (χ2n) is 3.04. The number of nitrogens with zero attached hydrogens (tertiary/aromatic N) is 2. The molecule has 4 nitrogen and oxygen atoms in total. The van der Waals surface area contributed by atoms with Gasteiger partial charge in [-0.25, -0.2) is 15.8 Å². The predicted molar refractivity (Wildman–Crippen MR) is 70.4 cm³/mol. The van der Waals surface area contributed by atoms with Gasteiger partial charge in [0, 0.05) is 11.1 Å². The lowest BCUT2D eigenvalue weighted by molar-refractivity contribution is 1.03. The predicted octanol–water partition coefficient (Wildman–Crippen LogP) is 3.22. The number of nitrogen functional groups attached to an aromatic ring is 1. The van der Waals surface area contributed by atoms with E-state index >= 15 is 0 Å². The molecule has 0 aliphatic rings. The highest BCUT2D eigenvalue weighted by molar-refractivity contribution is 7.99. The van der Waals surface area contributed by atoms with Crippen LogP contribution in [-0.4, -0.2) is 9.97 Å². The number of benzene rings is 1. The molecule has 1 heterocycles. The van der Waals surface area contributed by atoms with E-state index in [1.54, 1.807) is 24.4 Å². The minimum atomic E-state index is 0.370. The van der Waals surface area contributed by atoms with Gasteiger partial charge < -0.3 is 0 Å². The van der Waals surface area contributed by atoms with Gasteiger partial charge in [0.1, 0.15) is 5.03 Å². The summed E-state index contributed by atoms with van der Waals surface area (Å²) in [6.45, 7) is 0. The van der Waals surface area contributed by atoms with Crippen molar-refractivity contribution in [1.29, 1.82) is 0 Å². The van der Waals surface area contributed by atoms with Crippen molar-refractivity contribution in [3.8, 4) is 0 Å². The molecule has 7 heteroatoms. The number of rotatable bonds is 3. The van der Waals surface area contributed by atoms with Crippen molar-refractivity contribution in [3.63, 3.8) is 0 Å². The van der Waals surface area contributed by atoms with E-state index in [1.165, 1.54) is 11.8 Å². The third kappa shape index (κ3) is 3.23. The summed E-state index contributed by atoms with van der Waals surface area (Å²) in [5.41, 5.74) is 2.39. The molecule has 1 aromatic carbocycles. The maximum atomic E-state index is 5.93. The van der Waals surface area contributed by atoms with Gasteiger partial charge in [-0.3, -0.25) is 5.43 Å². The Balaban J connectivity index is 2.22. The molecule has 0 radical (unpaired) electrons. The first kappa shape index (κ1) is 12.4. The quantitative estimate of drug-likeness (QED) is 0.515. The van der Waals surface area contributed by atoms with Crippen LogP contribution in [0.2, 0.25) is 10.0 Å². The summed E-state index contributed by atoms with van der Waals surface area (Å²) in [5, 5.41) is 1.82. The zero-order chi connectivity index (χ0) is 12.3. The topological polar surface area (TPSA) is 63.8 Å². The van der Waals surface area contributed by atoms with Gasteiger partial charge in [-0.05, 0) is 24.3 Å². The first-order valence-electron chi connectivity index (χ1n) is 4.61. The molecule has 0 aliphatic carbocycles. The van der Waals surface area contributed by atoms with Crippen LogP contribution in [0.25, 0.3) is 0 Å². The first-order chi connectivity index (χ1) is 8.19. The van der Waals surface area contributed by atoms with E-state index in [-0.39, 0.29) is 0 Å². The maximum absolute atomic E-state index is 5.93. The molecule has 0 bridgehead atoms. The second-order valence-corrected chi connectivity index (χ2v) is 4.95. The van der Waals surface area contributed by atoms with E-state index in [4.69, 9.17) is 29.0 Å². The van der Waals surface area contributed by atoms with Crippen LogP contribution in [-0.2, 0) is 0 Å². The molecule has 0 saturated heterocycles. The third-order valence-electron chi connectivity index (χ3n) is 1.87. The Morgan fingerprint density at radius 3 is 2.71 bits per heavy atom. The number of anilines is 1. The summed E-state index contributed by atoms with van der Waals surface area (Å²) in [5.74, 6) is 5.60. The molecule has 2 aromatic rings. The van der Waals surface area contributed by atoms with Gasteiger partial charge in [0.15, 0.2) is 0 Å². The zero-order valence-corrected chi connectivity index (χ0v) is 10.9. The summed E-state index contributed by atoms with van der Waals surface area (Å²) >= 11 is 13.2. The Morgan fingerprint density at radius 1 is 1.18 bits per heavy atom. The number of hydrazine groups is 1. The molecule has 0 aliphatic heterocycles. The van der Waals surface area contributed by atoms with E-state index in [2.05, 4.69) is 15.4 Å². The highest BCUT2D eigenvalue weighted by atomic mass is 35.5. The van der Waals surface area contributed by atoms with Gasteiger partial charge in [-0.2, -0.15) is 0 Å². The number of hydrogen-bond donors (Lipinski definition) is 2. The fraction of sp³-hybridized carbons (Fsp3) is 0. The van der Waals surface area contributed by atoms with Crippen molar-refractivity contribution >= 4 is 40.9 Å². The van der Waals surface area contributed by atoms with Crippen LogP contribution >= 0.6 is 35.0 Å². The standard InChI is InChI=1S/C10H8Cl2N4S/c11-7-2-1-6(5-8(7)12)17-9-3-4-14-10(15-9)16-13/h1-5H,13H2,(H,14,15,16). The third-order valence-corrected chi connectivity index (χ3v) is 3.54. The maximum Gasteiger partial charge on any atom is 0.238 e. The first-order valence-corrected chi connectivity index (χ1v) is 6.19. The van der Waals surface area contributed by atoms with Crippen molar-refractivity contribution in [3.05, 3.63) is 40.5 Å². The van der Waals surface area contributed by atoms with E-state index < -0.39 is 0 Å². The minimum absolute atomic E-state index is 0.370. The van der Waals surface area contributed by atoms with Gasteiger partial charge >= 0.3 is 0 Å². The molecule has 17 heavy (non-hydrogen) atoms. The normalized spacial score (nSPS) is 10.3. The lowest BCUT2D eigenvalue weighted by Crippen LogP contribution is -2.10. The van der Waals surface area contributed by atoms with Crippen molar-refractivity contribution in [2.24, 2.45) is 5.84 Å². The van der Waals surface area contributed by atoms with Crippen LogP contribution in [0.3, 0.4) is 0 Å². The molecular formula is C10H8Cl2N4S. The largest absolute Gasteiger partial charge is 0.292 e. The highest BCUT2D eigenvalue weighted by Gasteiger charge is 2.03. The van der Waals surface area contributed by atoms with Gasteiger partial charge in [-0.1, -0.05) is 35.0 Å². The molecule has 0 spiro atoms. The fourth-order valence-electron chi connectivity index (χ4n) is 1.13. The van der Waals surface area contributed by atoms with Gasteiger partial charge in [0.05, 0.1) is 10.0 Å². The average Bonchev–Trinajstić information content (AvgIpc) is 2.34. The molecule has 0 saturated carbocycles. The molecule has 0 fully saturated rings. The van der Waals surface area contributed by atoms with Crippen LogP contribution in [0.1, 0.15) is 0 Å². The van der Waals surface area contributed by atoms with Gasteiger partial charge in [0.25, 0.3) is 0 Å². The molecule has 88 valence electrons. The minimum Gasteiger partial charge on any atom is -0.292 e. The van der Waals surface area contributed by atoms with Crippen LogP contribution < -0.4 is 11.3 Å². The monoisotopic (exact) mass is 286 g/mol. The van der Waals surface area contributed by atoms with Gasteiger partial charge in [0.2, 0.25) is 5.95 Å². The number of halogens is 2.